The lowest BCUT2D eigenvalue weighted by molar-refractivity contribution is -0.123. The predicted octanol–water partition coefficient (Wildman–Crippen LogP) is 5.21. The van der Waals surface area contributed by atoms with Crippen LogP contribution >= 0.6 is 0 Å². The van der Waals surface area contributed by atoms with Crippen LogP contribution in [0.1, 0.15) is 80.7 Å². The van der Waals surface area contributed by atoms with E-state index in [9.17, 15) is 24.2 Å². The number of hydrogen-bond donors (Lipinski definition) is 3. The van der Waals surface area contributed by atoms with Gasteiger partial charge in [-0.3, -0.25) is 9.59 Å². The molecule has 2 aromatic carbocycles. The summed E-state index contributed by atoms with van der Waals surface area (Å²) in [5, 5.41) is 22.9. The zero-order chi connectivity index (χ0) is 32.3. The van der Waals surface area contributed by atoms with Crippen molar-refractivity contribution in [3.8, 4) is 22.8 Å². The van der Waals surface area contributed by atoms with Crippen molar-refractivity contribution in [3.05, 3.63) is 82.9 Å². The van der Waals surface area contributed by atoms with E-state index in [0.29, 0.717) is 50.5 Å². The average Bonchev–Trinajstić information content (AvgIpc) is 3.75. The average molecular weight is 614 g/mol. The number of fused-ring (bicyclic) bond motifs is 2. The fourth-order valence-corrected chi connectivity index (χ4v) is 5.46. The normalized spacial score (nSPS) is 19.1. The molecule has 1 aliphatic heterocycles. The van der Waals surface area contributed by atoms with Gasteiger partial charge in [0, 0.05) is 28.5 Å². The van der Waals surface area contributed by atoms with Gasteiger partial charge in [0.2, 0.25) is 5.91 Å². The molecule has 45 heavy (non-hydrogen) atoms. The second kappa shape index (κ2) is 10.9. The van der Waals surface area contributed by atoms with Gasteiger partial charge >= 0.3 is 0 Å². The number of aromatic nitrogens is 2. The van der Waals surface area contributed by atoms with Crippen LogP contribution in [0, 0.1) is 5.82 Å². The van der Waals surface area contributed by atoms with Crippen LogP contribution in [0.25, 0.3) is 22.2 Å². The minimum absolute atomic E-state index is 0.00298. The number of Topliss-reactive ketones (excluding diaryl/α,β-unsaturated/α-hetero) is 1. The number of hydrogen-bond acceptors (Lipinski definition) is 8. The lowest BCUT2D eigenvalue weighted by Gasteiger charge is -2.26. The molecule has 3 heterocycles. The maximum atomic E-state index is 13.7. The lowest BCUT2D eigenvalue weighted by atomic mass is 9.81. The molecule has 2 aliphatic rings. The third-order valence-electron chi connectivity index (χ3n) is 8.65. The number of pyridine rings is 2. The SMILES string of the molecule is CC(C)(O)c1ccc2cc(C(=O)CC[C@](C)(O)c3cc4c(c(-c5ccc(F)cc5)n3)OC[C@]4(C)C(N)=O)cc(OC3CC3)c2n1. The first kappa shape index (κ1) is 30.6. The maximum Gasteiger partial charge on any atom is 0.231 e. The molecule has 1 aliphatic carbocycles. The number of aliphatic hydroxyl groups is 2. The molecule has 234 valence electrons. The highest BCUT2D eigenvalue weighted by Crippen LogP contribution is 2.46. The van der Waals surface area contributed by atoms with Crippen molar-refractivity contribution in [1.82, 2.24) is 9.97 Å². The van der Waals surface area contributed by atoms with Crippen LogP contribution < -0.4 is 15.2 Å². The Labute approximate surface area is 260 Å². The van der Waals surface area contributed by atoms with E-state index < -0.39 is 28.3 Å². The summed E-state index contributed by atoms with van der Waals surface area (Å²) in [6.07, 6.45) is 1.89. The van der Waals surface area contributed by atoms with E-state index >= 15 is 0 Å². The van der Waals surface area contributed by atoms with Crippen LogP contribution in [0.4, 0.5) is 4.39 Å². The van der Waals surface area contributed by atoms with Gasteiger partial charge in [-0.1, -0.05) is 6.07 Å². The minimum atomic E-state index is -1.59. The van der Waals surface area contributed by atoms with E-state index in [0.717, 1.165) is 12.8 Å². The van der Waals surface area contributed by atoms with Gasteiger partial charge in [-0.05, 0) is 95.5 Å². The van der Waals surface area contributed by atoms with E-state index in [1.807, 2.05) is 6.07 Å². The molecule has 4 aromatic rings. The third kappa shape index (κ3) is 5.87. The summed E-state index contributed by atoms with van der Waals surface area (Å²) in [4.78, 5) is 35.4. The van der Waals surface area contributed by atoms with Gasteiger partial charge in [0.1, 0.15) is 51.8 Å². The highest BCUT2D eigenvalue weighted by molar-refractivity contribution is 6.01. The topological polar surface area (TPSA) is 145 Å². The molecule has 4 N–H and O–H groups in total. The van der Waals surface area contributed by atoms with Gasteiger partial charge in [0.15, 0.2) is 5.78 Å². The van der Waals surface area contributed by atoms with Crippen molar-refractivity contribution in [2.75, 3.05) is 6.61 Å². The molecule has 0 bridgehead atoms. The van der Waals surface area contributed by atoms with E-state index in [2.05, 4.69) is 4.98 Å². The number of nitrogens with two attached hydrogens (primary N) is 1. The molecule has 0 spiro atoms. The van der Waals surface area contributed by atoms with Crippen LogP contribution in [-0.4, -0.2) is 44.6 Å². The number of ether oxygens (including phenoxy) is 2. The molecule has 1 amide bonds. The summed E-state index contributed by atoms with van der Waals surface area (Å²) in [5.41, 5.74) is 4.92. The second-order valence-corrected chi connectivity index (χ2v) is 13.0. The van der Waals surface area contributed by atoms with Crippen LogP contribution in [0.3, 0.4) is 0 Å². The number of amides is 1. The van der Waals surface area contributed by atoms with Gasteiger partial charge in [-0.2, -0.15) is 0 Å². The van der Waals surface area contributed by atoms with Gasteiger partial charge in [-0.15, -0.1) is 0 Å². The van der Waals surface area contributed by atoms with Gasteiger partial charge in [-0.25, -0.2) is 14.4 Å². The number of primary amides is 1. The Balaban J connectivity index is 1.32. The summed E-state index contributed by atoms with van der Waals surface area (Å²) >= 11 is 0. The van der Waals surface area contributed by atoms with Crippen molar-refractivity contribution < 1.29 is 33.7 Å². The Morgan fingerprint density at radius 1 is 1.04 bits per heavy atom. The Hall–Kier alpha value is -4.41. The second-order valence-electron chi connectivity index (χ2n) is 13.0. The molecule has 6 rings (SSSR count). The first-order chi connectivity index (χ1) is 21.2. The van der Waals surface area contributed by atoms with Crippen molar-refractivity contribution in [1.29, 1.82) is 0 Å². The number of halogens is 1. The summed E-state index contributed by atoms with van der Waals surface area (Å²) in [7, 11) is 0. The van der Waals surface area contributed by atoms with Gasteiger partial charge < -0.3 is 25.4 Å². The highest BCUT2D eigenvalue weighted by Gasteiger charge is 2.45. The van der Waals surface area contributed by atoms with Crippen LogP contribution in [0.15, 0.2) is 54.6 Å². The molecule has 9 nitrogen and oxygen atoms in total. The monoisotopic (exact) mass is 613 g/mol. The first-order valence-corrected chi connectivity index (χ1v) is 15.0. The number of ketones is 1. The number of nitrogens with zero attached hydrogens (tertiary/aromatic N) is 2. The summed E-state index contributed by atoms with van der Waals surface area (Å²) in [6.45, 7) is 6.54. The van der Waals surface area contributed by atoms with Crippen molar-refractivity contribution >= 4 is 22.6 Å². The molecule has 0 saturated heterocycles. The summed E-state index contributed by atoms with van der Waals surface area (Å²) in [5.74, 6) is -0.407. The fourth-order valence-electron chi connectivity index (χ4n) is 5.46. The molecule has 0 unspecified atom stereocenters. The zero-order valence-corrected chi connectivity index (χ0v) is 25.7. The Kier molecular flexibility index (Phi) is 7.41. The van der Waals surface area contributed by atoms with E-state index in [1.165, 1.54) is 12.1 Å². The minimum Gasteiger partial charge on any atom is -0.489 e. The number of carbonyl (C=O) groups is 2. The van der Waals surface area contributed by atoms with Crippen LogP contribution in [0.2, 0.25) is 0 Å². The zero-order valence-electron chi connectivity index (χ0n) is 25.7. The van der Waals surface area contributed by atoms with E-state index in [-0.39, 0.29) is 37.0 Å². The Bertz CT molecular complexity index is 1830. The largest absolute Gasteiger partial charge is 0.489 e. The molecular formula is C35H36FN3O6. The molecule has 1 saturated carbocycles. The number of benzene rings is 2. The van der Waals surface area contributed by atoms with Crippen LogP contribution in [0.5, 0.6) is 11.5 Å². The number of rotatable bonds is 10. The standard InChI is InChI=1S/C35H36FN3O6/c1-33(2,42)27-12-7-20-15-21(16-26(29(20)38-27)45-23-10-11-23)25(40)13-14-35(4,43)28-17-24-31(44-18-34(24,3)32(37)41)30(39-28)19-5-8-22(36)9-6-19/h5-9,12,15-17,23,42-43H,10-11,13-14,18H2,1-4H3,(H2,37,41)/t34-,35-/m0/s1. The molecule has 2 atom stereocenters. The Morgan fingerprint density at radius 2 is 1.76 bits per heavy atom. The number of carbonyl (C=O) groups excluding carboxylic acids is 2. The fraction of sp³-hybridized carbons (Fsp3) is 0.371. The quantitative estimate of drug-likeness (QED) is 0.207. The van der Waals surface area contributed by atoms with Gasteiger partial charge in [0.05, 0.1) is 17.5 Å². The predicted molar refractivity (Wildman–Crippen MR) is 165 cm³/mol. The lowest BCUT2D eigenvalue weighted by Crippen LogP contribution is -2.40. The van der Waals surface area contributed by atoms with Crippen LogP contribution in [-0.2, 0) is 21.4 Å². The van der Waals surface area contributed by atoms with E-state index in [1.54, 1.807) is 64.1 Å². The van der Waals surface area contributed by atoms with E-state index in [4.69, 9.17) is 20.2 Å². The highest BCUT2D eigenvalue weighted by atomic mass is 19.1. The van der Waals surface area contributed by atoms with Gasteiger partial charge in [0.25, 0.3) is 0 Å². The summed E-state index contributed by atoms with van der Waals surface area (Å²) < 4.78 is 25.7. The van der Waals surface area contributed by atoms with Crippen molar-refractivity contribution in [2.24, 2.45) is 5.73 Å². The smallest absolute Gasteiger partial charge is 0.231 e. The molecule has 0 radical (unpaired) electrons. The maximum absolute atomic E-state index is 13.7. The summed E-state index contributed by atoms with van der Waals surface area (Å²) in [6, 6.07) is 14.2. The molecule has 1 fully saturated rings. The molecular weight excluding hydrogens is 577 g/mol. The van der Waals surface area contributed by atoms with Crippen molar-refractivity contribution in [2.45, 2.75) is 76.1 Å². The Morgan fingerprint density at radius 3 is 2.40 bits per heavy atom. The van der Waals surface area contributed by atoms with Crippen molar-refractivity contribution in [3.63, 3.8) is 0 Å². The first-order valence-electron chi connectivity index (χ1n) is 15.0. The molecule has 2 aromatic heterocycles. The molecule has 10 heteroatoms. The third-order valence-corrected chi connectivity index (χ3v) is 8.65.